The van der Waals surface area contributed by atoms with Crippen molar-refractivity contribution in [2.45, 2.75) is 0 Å². The first kappa shape index (κ1) is 10.5. The van der Waals surface area contributed by atoms with E-state index in [9.17, 15) is 9.59 Å². The molecule has 0 unspecified atom stereocenters. The smallest absolute Gasteiger partial charge is 0.262 e. The standard InChI is InChI=1S/C15H9NO2/c1-2-9-16-14(17)11-7-3-5-10-6-4-8-12(13(10)11)15(16)18/h1,3-8H,9H2. The third-order valence-corrected chi connectivity index (χ3v) is 3.11. The van der Waals surface area contributed by atoms with E-state index in [-0.39, 0.29) is 18.4 Å². The molecule has 0 aromatic heterocycles. The quantitative estimate of drug-likeness (QED) is 0.560. The molecule has 0 N–H and O–H groups in total. The van der Waals surface area contributed by atoms with Crippen molar-refractivity contribution in [2.24, 2.45) is 0 Å². The molecule has 2 amide bonds. The fourth-order valence-corrected chi connectivity index (χ4v) is 2.32. The van der Waals surface area contributed by atoms with Crippen molar-refractivity contribution in [1.29, 1.82) is 0 Å². The van der Waals surface area contributed by atoms with Gasteiger partial charge in [0.2, 0.25) is 0 Å². The number of imide groups is 1. The van der Waals surface area contributed by atoms with Gasteiger partial charge in [-0.15, -0.1) is 6.42 Å². The van der Waals surface area contributed by atoms with Crippen molar-refractivity contribution < 1.29 is 9.59 Å². The highest BCUT2D eigenvalue weighted by Crippen LogP contribution is 2.29. The third kappa shape index (κ3) is 1.26. The second-order valence-electron chi connectivity index (χ2n) is 4.11. The molecule has 0 saturated carbocycles. The zero-order valence-corrected chi connectivity index (χ0v) is 9.51. The van der Waals surface area contributed by atoms with E-state index in [1.807, 2.05) is 24.3 Å². The lowest BCUT2D eigenvalue weighted by atomic mass is 9.94. The predicted octanol–water partition coefficient (Wildman–Crippen LogP) is 2.07. The summed E-state index contributed by atoms with van der Waals surface area (Å²) in [5.74, 6) is 1.71. The third-order valence-electron chi connectivity index (χ3n) is 3.11. The van der Waals surface area contributed by atoms with Crippen LogP contribution in [0.2, 0.25) is 0 Å². The maximum absolute atomic E-state index is 12.2. The van der Waals surface area contributed by atoms with Gasteiger partial charge in [-0.05, 0) is 17.5 Å². The van der Waals surface area contributed by atoms with Gasteiger partial charge in [0.1, 0.15) is 0 Å². The van der Waals surface area contributed by atoms with Crippen molar-refractivity contribution in [1.82, 2.24) is 4.90 Å². The summed E-state index contributed by atoms with van der Waals surface area (Å²) in [6, 6.07) is 10.8. The number of amides is 2. The Balaban J connectivity index is 2.36. The fourth-order valence-electron chi connectivity index (χ4n) is 2.32. The number of rotatable bonds is 1. The molecule has 3 rings (SSSR count). The highest BCUT2D eigenvalue weighted by molar-refractivity contribution is 6.25. The minimum absolute atomic E-state index is 0.00237. The van der Waals surface area contributed by atoms with Crippen LogP contribution in [0.5, 0.6) is 0 Å². The van der Waals surface area contributed by atoms with Crippen molar-refractivity contribution in [3.63, 3.8) is 0 Å². The van der Waals surface area contributed by atoms with Crippen LogP contribution in [0.25, 0.3) is 10.8 Å². The van der Waals surface area contributed by atoms with Crippen LogP contribution in [0, 0.1) is 12.3 Å². The molecule has 0 spiro atoms. The first-order chi connectivity index (χ1) is 8.74. The van der Waals surface area contributed by atoms with Crippen molar-refractivity contribution in [2.75, 3.05) is 6.54 Å². The van der Waals surface area contributed by atoms with Gasteiger partial charge in [-0.2, -0.15) is 0 Å². The lowest BCUT2D eigenvalue weighted by Gasteiger charge is -2.25. The summed E-state index contributed by atoms with van der Waals surface area (Å²) in [6.45, 7) is 0.00237. The second-order valence-corrected chi connectivity index (χ2v) is 4.11. The summed E-state index contributed by atoms with van der Waals surface area (Å²) >= 11 is 0. The Labute approximate surface area is 104 Å². The van der Waals surface area contributed by atoms with Crippen LogP contribution in [-0.4, -0.2) is 23.3 Å². The van der Waals surface area contributed by atoms with E-state index in [0.717, 1.165) is 15.7 Å². The van der Waals surface area contributed by atoms with Gasteiger partial charge in [-0.3, -0.25) is 14.5 Å². The Kier molecular flexibility index (Phi) is 2.17. The number of carbonyl (C=O) groups excluding carboxylic acids is 2. The minimum atomic E-state index is -0.317. The molecular weight excluding hydrogens is 226 g/mol. The minimum Gasteiger partial charge on any atom is -0.269 e. The van der Waals surface area contributed by atoms with Crippen LogP contribution in [0.15, 0.2) is 36.4 Å². The van der Waals surface area contributed by atoms with Crippen molar-refractivity contribution in [3.8, 4) is 12.3 Å². The highest BCUT2D eigenvalue weighted by Gasteiger charge is 2.31. The molecular formula is C15H9NO2. The van der Waals surface area contributed by atoms with Gasteiger partial charge >= 0.3 is 0 Å². The lowest BCUT2D eigenvalue weighted by molar-refractivity contribution is 0.0632. The number of carbonyl (C=O) groups is 2. The molecule has 0 radical (unpaired) electrons. The molecule has 2 aromatic rings. The van der Waals surface area contributed by atoms with E-state index in [2.05, 4.69) is 5.92 Å². The Morgan fingerprint density at radius 3 is 2.06 bits per heavy atom. The van der Waals surface area contributed by atoms with Crippen LogP contribution < -0.4 is 0 Å². The van der Waals surface area contributed by atoms with Gasteiger partial charge < -0.3 is 0 Å². The van der Waals surface area contributed by atoms with Crippen molar-refractivity contribution in [3.05, 3.63) is 47.5 Å². The fraction of sp³-hybridized carbons (Fsp3) is 0.0667. The number of hydrogen-bond donors (Lipinski definition) is 0. The molecule has 0 bridgehead atoms. The van der Waals surface area contributed by atoms with Gasteiger partial charge in [0, 0.05) is 16.5 Å². The van der Waals surface area contributed by atoms with Gasteiger partial charge in [-0.25, -0.2) is 0 Å². The zero-order chi connectivity index (χ0) is 12.7. The maximum atomic E-state index is 12.2. The molecule has 1 aliphatic heterocycles. The molecule has 0 fully saturated rings. The molecule has 0 saturated heterocycles. The van der Waals surface area contributed by atoms with E-state index in [1.54, 1.807) is 12.1 Å². The largest absolute Gasteiger partial charge is 0.269 e. The molecule has 1 heterocycles. The number of benzene rings is 2. The number of nitrogens with zero attached hydrogens (tertiary/aromatic N) is 1. The van der Waals surface area contributed by atoms with Crippen LogP contribution in [0.1, 0.15) is 20.7 Å². The summed E-state index contributed by atoms with van der Waals surface area (Å²) in [5, 5.41) is 1.62. The molecule has 3 heteroatoms. The Bertz CT molecular complexity index is 674. The van der Waals surface area contributed by atoms with Crippen LogP contribution in [0.3, 0.4) is 0 Å². The maximum Gasteiger partial charge on any atom is 0.262 e. The van der Waals surface area contributed by atoms with E-state index < -0.39 is 0 Å². The van der Waals surface area contributed by atoms with Gasteiger partial charge in [0.25, 0.3) is 11.8 Å². The molecule has 0 aliphatic carbocycles. The van der Waals surface area contributed by atoms with E-state index in [1.165, 1.54) is 0 Å². The Hall–Kier alpha value is -2.60. The summed E-state index contributed by atoms with van der Waals surface area (Å²) in [4.78, 5) is 25.5. The molecule has 3 nitrogen and oxygen atoms in total. The summed E-state index contributed by atoms with van der Waals surface area (Å²) in [6.07, 6.45) is 5.21. The number of hydrogen-bond acceptors (Lipinski definition) is 2. The Morgan fingerprint density at radius 1 is 1.00 bits per heavy atom. The van der Waals surface area contributed by atoms with Gasteiger partial charge in [0.05, 0.1) is 6.54 Å². The summed E-state index contributed by atoms with van der Waals surface area (Å²) < 4.78 is 0. The Morgan fingerprint density at radius 2 is 1.56 bits per heavy atom. The van der Waals surface area contributed by atoms with Crippen LogP contribution in [0.4, 0.5) is 0 Å². The van der Waals surface area contributed by atoms with Crippen molar-refractivity contribution >= 4 is 22.6 Å². The second kappa shape index (κ2) is 3.71. The zero-order valence-electron chi connectivity index (χ0n) is 9.51. The normalized spacial score (nSPS) is 13.8. The monoisotopic (exact) mass is 235 g/mol. The van der Waals surface area contributed by atoms with E-state index in [0.29, 0.717) is 11.1 Å². The molecule has 0 atom stereocenters. The van der Waals surface area contributed by atoms with E-state index >= 15 is 0 Å². The van der Waals surface area contributed by atoms with E-state index in [4.69, 9.17) is 6.42 Å². The molecule has 18 heavy (non-hydrogen) atoms. The van der Waals surface area contributed by atoms with Crippen LogP contribution in [-0.2, 0) is 0 Å². The molecule has 86 valence electrons. The lowest BCUT2D eigenvalue weighted by Crippen LogP contribution is -2.40. The SMILES string of the molecule is C#CCN1C(=O)c2cccc3cccc(c23)C1=O. The predicted molar refractivity (Wildman–Crippen MR) is 68.1 cm³/mol. The molecule has 2 aromatic carbocycles. The number of terminal acetylenes is 1. The highest BCUT2D eigenvalue weighted by atomic mass is 16.2. The van der Waals surface area contributed by atoms with Crippen LogP contribution >= 0.6 is 0 Å². The summed E-state index contributed by atoms with van der Waals surface area (Å²) in [7, 11) is 0. The first-order valence-electron chi connectivity index (χ1n) is 5.55. The first-order valence-corrected chi connectivity index (χ1v) is 5.55. The topological polar surface area (TPSA) is 37.4 Å². The summed E-state index contributed by atoms with van der Waals surface area (Å²) in [5.41, 5.74) is 1.08. The molecule has 1 aliphatic rings. The van der Waals surface area contributed by atoms with Gasteiger partial charge in [0.15, 0.2) is 0 Å². The average molecular weight is 235 g/mol. The average Bonchev–Trinajstić information content (AvgIpc) is 2.40. The van der Waals surface area contributed by atoms with Gasteiger partial charge in [-0.1, -0.05) is 30.2 Å².